The van der Waals surface area contributed by atoms with E-state index in [1.165, 1.54) is 16.6 Å². The number of hydrogen-bond donors (Lipinski definition) is 0. The summed E-state index contributed by atoms with van der Waals surface area (Å²) in [6.07, 6.45) is 4.31. The lowest BCUT2D eigenvalue weighted by Gasteiger charge is -2.27. The molecule has 0 aliphatic carbocycles. The molecule has 1 aromatic rings. The third-order valence-corrected chi connectivity index (χ3v) is 6.74. The molecular weight excluding hydrogens is 328 g/mol. The van der Waals surface area contributed by atoms with Gasteiger partial charge < -0.3 is 9.64 Å². The summed E-state index contributed by atoms with van der Waals surface area (Å²) in [7, 11) is -2.16. The molecule has 0 saturated carbocycles. The summed E-state index contributed by atoms with van der Waals surface area (Å²) in [6.45, 7) is 3.05. The molecule has 0 N–H and O–H groups in total. The van der Waals surface area contributed by atoms with Crippen molar-refractivity contribution in [3.63, 3.8) is 0 Å². The van der Waals surface area contributed by atoms with Gasteiger partial charge in [0.15, 0.2) is 5.69 Å². The Bertz CT molecular complexity index is 725. The summed E-state index contributed by atoms with van der Waals surface area (Å²) in [5, 5.41) is 9.19. The van der Waals surface area contributed by atoms with E-state index in [9.17, 15) is 13.7 Å². The standard InChI is InChI=1S/C16H22N4O3S/c1-23-14-9-13(11-19-7-2-3-8-19)20(12-14)24(21,22)16-5-4-6-18-15(16)10-17/h4-6,13-14H,2-3,7-9,11-12H2,1H3/t13-,14-/m0/s1. The summed E-state index contributed by atoms with van der Waals surface area (Å²) in [5.41, 5.74) is -0.0571. The van der Waals surface area contributed by atoms with Crippen LogP contribution in [-0.4, -0.2) is 68.0 Å². The van der Waals surface area contributed by atoms with Crippen LogP contribution in [0.2, 0.25) is 0 Å². The first-order valence-electron chi connectivity index (χ1n) is 8.18. The summed E-state index contributed by atoms with van der Waals surface area (Å²) >= 11 is 0. The third-order valence-electron chi connectivity index (χ3n) is 4.79. The van der Waals surface area contributed by atoms with Crippen molar-refractivity contribution in [3.8, 4) is 6.07 Å². The number of nitrogens with zero attached hydrogens (tertiary/aromatic N) is 4. The van der Waals surface area contributed by atoms with Gasteiger partial charge in [-0.2, -0.15) is 9.57 Å². The van der Waals surface area contributed by atoms with Gasteiger partial charge in [0.05, 0.1) is 6.10 Å². The average molecular weight is 350 g/mol. The fourth-order valence-corrected chi connectivity index (χ4v) is 5.30. The summed E-state index contributed by atoms with van der Waals surface area (Å²) in [5.74, 6) is 0. The minimum Gasteiger partial charge on any atom is -0.380 e. The zero-order chi connectivity index (χ0) is 17.2. The highest BCUT2D eigenvalue weighted by Crippen LogP contribution is 2.29. The predicted octanol–water partition coefficient (Wildman–Crippen LogP) is 0.827. The van der Waals surface area contributed by atoms with Crippen LogP contribution in [0.3, 0.4) is 0 Å². The Morgan fingerprint density at radius 2 is 2.17 bits per heavy atom. The zero-order valence-corrected chi connectivity index (χ0v) is 14.6. The lowest BCUT2D eigenvalue weighted by molar-refractivity contribution is 0.113. The van der Waals surface area contributed by atoms with Crippen molar-refractivity contribution < 1.29 is 13.2 Å². The van der Waals surface area contributed by atoms with E-state index in [2.05, 4.69) is 9.88 Å². The van der Waals surface area contributed by atoms with Crippen LogP contribution in [0.4, 0.5) is 0 Å². The molecule has 1 aromatic heterocycles. The van der Waals surface area contributed by atoms with E-state index in [4.69, 9.17) is 4.74 Å². The van der Waals surface area contributed by atoms with E-state index in [0.717, 1.165) is 25.9 Å². The third kappa shape index (κ3) is 3.30. The van der Waals surface area contributed by atoms with Crippen molar-refractivity contribution >= 4 is 10.0 Å². The molecule has 3 heterocycles. The topological polar surface area (TPSA) is 86.5 Å². The molecule has 0 unspecified atom stereocenters. The number of methoxy groups -OCH3 is 1. The summed E-state index contributed by atoms with van der Waals surface area (Å²) < 4.78 is 33.2. The van der Waals surface area contributed by atoms with Crippen LogP contribution in [-0.2, 0) is 14.8 Å². The van der Waals surface area contributed by atoms with E-state index in [1.807, 2.05) is 6.07 Å². The van der Waals surface area contributed by atoms with Crippen LogP contribution in [0.15, 0.2) is 23.2 Å². The van der Waals surface area contributed by atoms with Crippen LogP contribution < -0.4 is 0 Å². The first kappa shape index (κ1) is 17.3. The average Bonchev–Trinajstić information content (AvgIpc) is 3.25. The molecule has 2 atom stereocenters. The molecule has 0 radical (unpaired) electrons. The molecule has 0 aromatic carbocycles. The molecular formula is C16H22N4O3S. The second-order valence-corrected chi connectivity index (χ2v) is 8.15. The quantitative estimate of drug-likeness (QED) is 0.782. The van der Waals surface area contributed by atoms with E-state index in [-0.39, 0.29) is 22.7 Å². The molecule has 2 aliphatic heterocycles. The van der Waals surface area contributed by atoms with Gasteiger partial charge in [0.2, 0.25) is 10.0 Å². The Morgan fingerprint density at radius 1 is 1.42 bits per heavy atom. The van der Waals surface area contributed by atoms with Gasteiger partial charge in [-0.3, -0.25) is 0 Å². The molecule has 24 heavy (non-hydrogen) atoms. The maximum atomic E-state index is 13.1. The van der Waals surface area contributed by atoms with E-state index >= 15 is 0 Å². The van der Waals surface area contributed by atoms with E-state index in [1.54, 1.807) is 13.2 Å². The van der Waals surface area contributed by atoms with Gasteiger partial charge in [0.25, 0.3) is 0 Å². The van der Waals surface area contributed by atoms with Gasteiger partial charge in [-0.1, -0.05) is 0 Å². The number of nitriles is 1. The molecule has 0 amide bonds. The zero-order valence-electron chi connectivity index (χ0n) is 13.8. The fraction of sp³-hybridized carbons (Fsp3) is 0.625. The van der Waals surface area contributed by atoms with Crippen LogP contribution >= 0.6 is 0 Å². The number of hydrogen-bond acceptors (Lipinski definition) is 6. The minimum atomic E-state index is -3.77. The first-order chi connectivity index (χ1) is 11.6. The Labute approximate surface area is 142 Å². The molecule has 2 aliphatic rings. The first-order valence-corrected chi connectivity index (χ1v) is 9.62. The van der Waals surface area contributed by atoms with Gasteiger partial charge in [-0.15, -0.1) is 0 Å². The summed E-state index contributed by atoms with van der Waals surface area (Å²) in [6, 6.07) is 4.75. The van der Waals surface area contributed by atoms with Gasteiger partial charge in [0.1, 0.15) is 11.0 Å². The number of sulfonamides is 1. The van der Waals surface area contributed by atoms with Crippen molar-refractivity contribution in [2.24, 2.45) is 0 Å². The largest absolute Gasteiger partial charge is 0.380 e. The Morgan fingerprint density at radius 3 is 2.83 bits per heavy atom. The lowest BCUT2D eigenvalue weighted by Crippen LogP contribution is -2.42. The molecule has 0 bridgehead atoms. The van der Waals surface area contributed by atoms with E-state index in [0.29, 0.717) is 19.5 Å². The summed E-state index contributed by atoms with van der Waals surface area (Å²) in [4.78, 5) is 6.18. The van der Waals surface area contributed by atoms with Crippen molar-refractivity contribution in [1.82, 2.24) is 14.2 Å². The maximum Gasteiger partial charge on any atom is 0.246 e. The van der Waals surface area contributed by atoms with Gasteiger partial charge >= 0.3 is 0 Å². The number of rotatable bonds is 5. The van der Waals surface area contributed by atoms with E-state index < -0.39 is 10.0 Å². The molecule has 0 spiro atoms. The predicted molar refractivity (Wildman–Crippen MR) is 87.7 cm³/mol. The molecule has 3 rings (SSSR count). The molecule has 7 nitrogen and oxygen atoms in total. The Hall–Kier alpha value is -1.53. The number of likely N-dealkylation sites (tertiary alicyclic amines) is 1. The highest BCUT2D eigenvalue weighted by Gasteiger charge is 2.42. The fourth-order valence-electron chi connectivity index (χ4n) is 3.55. The minimum absolute atomic E-state index is 0.0179. The Balaban J connectivity index is 1.89. The monoisotopic (exact) mass is 350 g/mol. The molecule has 2 saturated heterocycles. The van der Waals surface area contributed by atoms with Gasteiger partial charge in [0, 0.05) is 32.4 Å². The smallest absolute Gasteiger partial charge is 0.246 e. The number of ether oxygens (including phenoxy) is 1. The van der Waals surface area contributed by atoms with Crippen molar-refractivity contribution in [2.45, 2.75) is 36.3 Å². The van der Waals surface area contributed by atoms with Gasteiger partial charge in [-0.25, -0.2) is 13.4 Å². The SMILES string of the molecule is CO[C@H]1C[C@@H](CN2CCCC2)N(S(=O)(=O)c2cccnc2C#N)C1. The van der Waals surface area contributed by atoms with Crippen molar-refractivity contribution in [2.75, 3.05) is 33.3 Å². The molecule has 130 valence electrons. The number of pyridine rings is 1. The Kier molecular flexibility index (Phi) is 5.15. The van der Waals surface area contributed by atoms with Crippen LogP contribution in [0.25, 0.3) is 0 Å². The number of aromatic nitrogens is 1. The van der Waals surface area contributed by atoms with Crippen molar-refractivity contribution in [1.29, 1.82) is 5.26 Å². The van der Waals surface area contributed by atoms with Crippen LogP contribution in [0, 0.1) is 11.3 Å². The maximum absolute atomic E-state index is 13.1. The second-order valence-electron chi connectivity index (χ2n) is 6.29. The highest BCUT2D eigenvalue weighted by molar-refractivity contribution is 7.89. The second kappa shape index (κ2) is 7.15. The normalized spacial score (nSPS) is 25.8. The van der Waals surface area contributed by atoms with Gasteiger partial charge in [-0.05, 0) is 44.5 Å². The lowest BCUT2D eigenvalue weighted by atomic mass is 10.2. The van der Waals surface area contributed by atoms with Crippen LogP contribution in [0.5, 0.6) is 0 Å². The highest BCUT2D eigenvalue weighted by atomic mass is 32.2. The van der Waals surface area contributed by atoms with Crippen molar-refractivity contribution in [3.05, 3.63) is 24.0 Å². The van der Waals surface area contributed by atoms with Crippen LogP contribution in [0.1, 0.15) is 25.0 Å². The molecule has 2 fully saturated rings. The molecule has 8 heteroatoms.